The van der Waals surface area contributed by atoms with E-state index in [0.717, 1.165) is 24.2 Å². The summed E-state index contributed by atoms with van der Waals surface area (Å²) in [6.45, 7) is 2.25. The monoisotopic (exact) mass is 278 g/mol. The molecule has 0 saturated heterocycles. The van der Waals surface area contributed by atoms with Crippen LogP contribution in [-0.4, -0.2) is 19.0 Å². The number of halogens is 1. The standard InChI is InChI=1S/C15H19FN2S/c1-17-9-12-5-6-15(16)13(8-12)10-18(2)11-14-4-3-7-19-14/h3-8,17H,9-11H2,1-2H3. The van der Waals surface area contributed by atoms with Gasteiger partial charge in [-0.05, 0) is 37.2 Å². The number of thiophene rings is 1. The number of hydrogen-bond acceptors (Lipinski definition) is 3. The van der Waals surface area contributed by atoms with E-state index in [4.69, 9.17) is 0 Å². The third-order valence-corrected chi connectivity index (χ3v) is 3.80. The van der Waals surface area contributed by atoms with Crippen LogP contribution in [0.2, 0.25) is 0 Å². The first kappa shape index (κ1) is 14.2. The molecule has 1 aromatic carbocycles. The van der Waals surface area contributed by atoms with Gasteiger partial charge in [0.15, 0.2) is 0 Å². The Hall–Kier alpha value is -1.23. The first-order valence-electron chi connectivity index (χ1n) is 6.32. The Morgan fingerprint density at radius 1 is 1.26 bits per heavy atom. The van der Waals surface area contributed by atoms with Gasteiger partial charge in [-0.25, -0.2) is 4.39 Å². The van der Waals surface area contributed by atoms with Crippen LogP contribution in [0.25, 0.3) is 0 Å². The Morgan fingerprint density at radius 3 is 2.79 bits per heavy atom. The maximum absolute atomic E-state index is 13.8. The summed E-state index contributed by atoms with van der Waals surface area (Å²) in [7, 11) is 3.91. The molecule has 1 aromatic heterocycles. The minimum atomic E-state index is -0.127. The fraction of sp³-hybridized carbons (Fsp3) is 0.333. The van der Waals surface area contributed by atoms with E-state index in [0.29, 0.717) is 6.54 Å². The second-order valence-corrected chi connectivity index (χ2v) is 5.74. The molecule has 0 aliphatic rings. The van der Waals surface area contributed by atoms with Crippen molar-refractivity contribution < 1.29 is 4.39 Å². The van der Waals surface area contributed by atoms with Gasteiger partial charge in [0.1, 0.15) is 5.82 Å². The average Bonchev–Trinajstić information content (AvgIpc) is 2.86. The van der Waals surface area contributed by atoms with Crippen molar-refractivity contribution in [2.24, 2.45) is 0 Å². The van der Waals surface area contributed by atoms with Crippen LogP contribution in [0.15, 0.2) is 35.7 Å². The molecule has 19 heavy (non-hydrogen) atoms. The molecule has 0 aliphatic heterocycles. The highest BCUT2D eigenvalue weighted by Gasteiger charge is 2.08. The minimum absolute atomic E-state index is 0.127. The van der Waals surface area contributed by atoms with Crippen LogP contribution in [0, 0.1) is 5.82 Å². The normalized spacial score (nSPS) is 11.2. The predicted octanol–water partition coefficient (Wildman–Crippen LogP) is 3.24. The summed E-state index contributed by atoms with van der Waals surface area (Å²) < 4.78 is 13.8. The second kappa shape index (κ2) is 6.80. The molecule has 102 valence electrons. The van der Waals surface area contributed by atoms with Gasteiger partial charge in [-0.3, -0.25) is 4.90 Å². The number of hydrogen-bond donors (Lipinski definition) is 1. The molecule has 1 heterocycles. The fourth-order valence-corrected chi connectivity index (χ4v) is 2.86. The van der Waals surface area contributed by atoms with Crippen molar-refractivity contribution in [3.8, 4) is 0 Å². The molecular formula is C15H19FN2S. The highest BCUT2D eigenvalue weighted by atomic mass is 32.1. The number of rotatable bonds is 6. The largest absolute Gasteiger partial charge is 0.316 e. The van der Waals surface area contributed by atoms with Crippen molar-refractivity contribution >= 4 is 11.3 Å². The Kier molecular flexibility index (Phi) is 5.07. The van der Waals surface area contributed by atoms with E-state index < -0.39 is 0 Å². The molecule has 0 spiro atoms. The zero-order valence-corrected chi connectivity index (χ0v) is 12.1. The smallest absolute Gasteiger partial charge is 0.127 e. The van der Waals surface area contributed by atoms with E-state index in [1.54, 1.807) is 17.4 Å². The molecule has 0 radical (unpaired) electrons. The first-order chi connectivity index (χ1) is 9.19. The molecule has 1 N–H and O–H groups in total. The van der Waals surface area contributed by atoms with Gasteiger partial charge in [-0.15, -0.1) is 11.3 Å². The number of nitrogens with one attached hydrogen (secondary N) is 1. The molecule has 0 amide bonds. The van der Waals surface area contributed by atoms with Gasteiger partial charge in [-0.1, -0.05) is 18.2 Å². The van der Waals surface area contributed by atoms with Crippen molar-refractivity contribution in [2.75, 3.05) is 14.1 Å². The van der Waals surface area contributed by atoms with E-state index in [1.165, 1.54) is 4.88 Å². The van der Waals surface area contributed by atoms with Gasteiger partial charge in [0.2, 0.25) is 0 Å². The zero-order chi connectivity index (χ0) is 13.7. The molecule has 0 bridgehead atoms. The maximum Gasteiger partial charge on any atom is 0.127 e. The highest BCUT2D eigenvalue weighted by Crippen LogP contribution is 2.16. The topological polar surface area (TPSA) is 15.3 Å². The van der Waals surface area contributed by atoms with Crippen molar-refractivity contribution in [2.45, 2.75) is 19.6 Å². The second-order valence-electron chi connectivity index (χ2n) is 4.71. The fourth-order valence-electron chi connectivity index (χ4n) is 2.08. The van der Waals surface area contributed by atoms with Crippen LogP contribution in [0.3, 0.4) is 0 Å². The van der Waals surface area contributed by atoms with E-state index in [1.807, 2.05) is 32.3 Å². The molecule has 2 nitrogen and oxygen atoms in total. The molecule has 0 aliphatic carbocycles. The third kappa shape index (κ3) is 4.13. The quantitative estimate of drug-likeness (QED) is 0.872. The van der Waals surface area contributed by atoms with Gasteiger partial charge in [-0.2, -0.15) is 0 Å². The van der Waals surface area contributed by atoms with Gasteiger partial charge in [0.05, 0.1) is 0 Å². The lowest BCUT2D eigenvalue weighted by Crippen LogP contribution is -2.18. The molecule has 0 fully saturated rings. The lowest BCUT2D eigenvalue weighted by atomic mass is 10.1. The summed E-state index contributed by atoms with van der Waals surface area (Å²) in [6, 6.07) is 9.48. The van der Waals surface area contributed by atoms with Gasteiger partial charge < -0.3 is 5.32 Å². The first-order valence-corrected chi connectivity index (χ1v) is 7.20. The molecule has 4 heteroatoms. The predicted molar refractivity (Wildman–Crippen MR) is 78.7 cm³/mol. The van der Waals surface area contributed by atoms with Crippen LogP contribution in [0.4, 0.5) is 4.39 Å². The minimum Gasteiger partial charge on any atom is -0.316 e. The van der Waals surface area contributed by atoms with Crippen LogP contribution < -0.4 is 5.32 Å². The van der Waals surface area contributed by atoms with Crippen molar-refractivity contribution in [1.82, 2.24) is 10.2 Å². The van der Waals surface area contributed by atoms with Crippen LogP contribution in [-0.2, 0) is 19.6 Å². The number of benzene rings is 1. The summed E-state index contributed by atoms with van der Waals surface area (Å²) in [4.78, 5) is 3.43. The summed E-state index contributed by atoms with van der Waals surface area (Å²) >= 11 is 1.73. The van der Waals surface area contributed by atoms with Gasteiger partial charge in [0, 0.05) is 30.1 Å². The summed E-state index contributed by atoms with van der Waals surface area (Å²) in [5.74, 6) is -0.127. The van der Waals surface area contributed by atoms with E-state index in [9.17, 15) is 4.39 Å². The summed E-state index contributed by atoms with van der Waals surface area (Å²) in [5.41, 5.74) is 1.87. The Morgan fingerprint density at radius 2 is 2.11 bits per heavy atom. The lowest BCUT2D eigenvalue weighted by molar-refractivity contribution is 0.316. The van der Waals surface area contributed by atoms with E-state index in [-0.39, 0.29) is 5.82 Å². The molecule has 0 unspecified atom stereocenters. The Bertz CT molecular complexity index is 511. The Labute approximate surface area is 117 Å². The summed E-state index contributed by atoms with van der Waals surface area (Å²) in [6.07, 6.45) is 0. The highest BCUT2D eigenvalue weighted by molar-refractivity contribution is 7.09. The van der Waals surface area contributed by atoms with E-state index in [2.05, 4.69) is 21.7 Å². The molecule has 0 saturated carbocycles. The van der Waals surface area contributed by atoms with Crippen LogP contribution >= 0.6 is 11.3 Å². The molecule has 0 atom stereocenters. The third-order valence-electron chi connectivity index (χ3n) is 2.94. The maximum atomic E-state index is 13.8. The molecular weight excluding hydrogens is 259 g/mol. The zero-order valence-electron chi connectivity index (χ0n) is 11.3. The van der Waals surface area contributed by atoms with Crippen LogP contribution in [0.1, 0.15) is 16.0 Å². The SMILES string of the molecule is CNCc1ccc(F)c(CN(C)Cc2cccs2)c1. The van der Waals surface area contributed by atoms with Crippen LogP contribution in [0.5, 0.6) is 0 Å². The van der Waals surface area contributed by atoms with Crippen molar-refractivity contribution in [3.05, 3.63) is 57.5 Å². The molecule has 2 rings (SSSR count). The summed E-state index contributed by atoms with van der Waals surface area (Å²) in [5, 5.41) is 5.15. The van der Waals surface area contributed by atoms with Gasteiger partial charge in [0.25, 0.3) is 0 Å². The Balaban J connectivity index is 2.02. The average molecular weight is 278 g/mol. The van der Waals surface area contributed by atoms with Crippen molar-refractivity contribution in [1.29, 1.82) is 0 Å². The number of nitrogens with zero attached hydrogens (tertiary/aromatic N) is 1. The van der Waals surface area contributed by atoms with Crippen molar-refractivity contribution in [3.63, 3.8) is 0 Å². The lowest BCUT2D eigenvalue weighted by Gasteiger charge is -2.17. The van der Waals surface area contributed by atoms with E-state index >= 15 is 0 Å². The van der Waals surface area contributed by atoms with Gasteiger partial charge >= 0.3 is 0 Å². The molecule has 2 aromatic rings.